The van der Waals surface area contributed by atoms with Crippen molar-refractivity contribution in [3.05, 3.63) is 43.0 Å². The summed E-state index contributed by atoms with van der Waals surface area (Å²) in [6.45, 7) is 7.81. The monoisotopic (exact) mass is 427 g/mol. The maximum atomic E-state index is 14.4. The standard InChI is InChI=1S/C21H26FN7O2/c1-4-21(31)6-8-28(11-16(21)22)20-23-7-5-17(27-20)26-18-9-15-14(10-24-18)25-19(12-30)29(15)13(2)3/h4-5,7,9-10,13,16,30-31H,1,6,8,11-12H2,2-3H3,(H,23,24,26,27). The number of rotatable bonds is 6. The molecule has 3 aromatic heterocycles. The van der Waals surface area contributed by atoms with E-state index < -0.39 is 11.8 Å². The Labute approximate surface area is 179 Å². The highest BCUT2D eigenvalue weighted by Gasteiger charge is 2.40. The summed E-state index contributed by atoms with van der Waals surface area (Å²) in [6.07, 6.45) is 3.24. The lowest BCUT2D eigenvalue weighted by Crippen LogP contribution is -2.52. The number of aliphatic hydroxyl groups is 2. The molecule has 9 nitrogen and oxygen atoms in total. The van der Waals surface area contributed by atoms with Crippen LogP contribution in [0.1, 0.15) is 32.1 Å². The number of aromatic nitrogens is 5. The molecule has 4 heterocycles. The molecule has 1 aliphatic heterocycles. The minimum Gasteiger partial charge on any atom is -0.388 e. The first-order valence-electron chi connectivity index (χ1n) is 10.2. The van der Waals surface area contributed by atoms with Crippen molar-refractivity contribution < 1.29 is 14.6 Å². The first-order chi connectivity index (χ1) is 14.8. The maximum Gasteiger partial charge on any atom is 0.227 e. The minimum absolute atomic E-state index is 0.0201. The maximum absolute atomic E-state index is 14.4. The number of pyridine rings is 1. The van der Waals surface area contributed by atoms with Gasteiger partial charge >= 0.3 is 0 Å². The van der Waals surface area contributed by atoms with Gasteiger partial charge in [0.05, 0.1) is 18.3 Å². The number of aliphatic hydroxyl groups excluding tert-OH is 1. The number of nitrogens with one attached hydrogen (secondary N) is 1. The zero-order valence-electron chi connectivity index (χ0n) is 17.5. The van der Waals surface area contributed by atoms with Crippen LogP contribution in [0.4, 0.5) is 22.0 Å². The number of hydrogen-bond acceptors (Lipinski definition) is 8. The molecule has 1 fully saturated rings. The topological polar surface area (TPSA) is 112 Å². The molecule has 31 heavy (non-hydrogen) atoms. The van der Waals surface area contributed by atoms with E-state index in [4.69, 9.17) is 0 Å². The summed E-state index contributed by atoms with van der Waals surface area (Å²) in [5.41, 5.74) is 0.0351. The van der Waals surface area contributed by atoms with E-state index in [-0.39, 0.29) is 25.6 Å². The third-order valence-electron chi connectivity index (χ3n) is 5.55. The second-order valence-corrected chi connectivity index (χ2v) is 7.93. The van der Waals surface area contributed by atoms with Gasteiger partial charge in [0.2, 0.25) is 5.95 Å². The highest BCUT2D eigenvalue weighted by Crippen LogP contribution is 2.29. The highest BCUT2D eigenvalue weighted by atomic mass is 19.1. The molecule has 3 aromatic rings. The zero-order valence-corrected chi connectivity index (χ0v) is 17.5. The summed E-state index contributed by atoms with van der Waals surface area (Å²) in [5, 5.41) is 23.0. The number of halogens is 1. The van der Waals surface area contributed by atoms with E-state index in [0.717, 1.165) is 5.52 Å². The van der Waals surface area contributed by atoms with Crippen LogP contribution in [0.15, 0.2) is 37.2 Å². The Morgan fingerprint density at radius 3 is 2.84 bits per heavy atom. The molecule has 0 amide bonds. The van der Waals surface area contributed by atoms with Crippen molar-refractivity contribution in [1.29, 1.82) is 0 Å². The Balaban J connectivity index is 1.57. The minimum atomic E-state index is -1.52. The van der Waals surface area contributed by atoms with Gasteiger partial charge in [-0.25, -0.2) is 19.3 Å². The van der Waals surface area contributed by atoms with Crippen molar-refractivity contribution in [3.8, 4) is 0 Å². The predicted octanol–water partition coefficient (Wildman–Crippen LogP) is 2.50. The van der Waals surface area contributed by atoms with E-state index in [0.29, 0.717) is 35.5 Å². The molecular formula is C21H26FN7O2. The van der Waals surface area contributed by atoms with Crippen LogP contribution in [-0.4, -0.2) is 59.6 Å². The second kappa shape index (κ2) is 8.20. The molecule has 164 valence electrons. The van der Waals surface area contributed by atoms with Crippen LogP contribution in [0.3, 0.4) is 0 Å². The fourth-order valence-electron chi connectivity index (χ4n) is 3.83. The van der Waals surface area contributed by atoms with Gasteiger partial charge in [-0.1, -0.05) is 6.08 Å². The average molecular weight is 427 g/mol. The van der Waals surface area contributed by atoms with E-state index in [1.54, 1.807) is 23.4 Å². The Bertz CT molecular complexity index is 1100. The SMILES string of the molecule is C=CC1(O)CCN(c2nccc(Nc3cc4c(cn3)nc(CO)n4C(C)C)n2)CC1F. The molecule has 1 aliphatic rings. The lowest BCUT2D eigenvalue weighted by atomic mass is 9.90. The summed E-state index contributed by atoms with van der Waals surface area (Å²) in [5.74, 6) is 2.02. The van der Waals surface area contributed by atoms with Crippen LogP contribution in [0, 0.1) is 0 Å². The Morgan fingerprint density at radius 2 is 2.16 bits per heavy atom. The number of nitrogens with zero attached hydrogens (tertiary/aromatic N) is 6. The van der Waals surface area contributed by atoms with Crippen molar-refractivity contribution in [2.24, 2.45) is 0 Å². The quantitative estimate of drug-likeness (QED) is 0.515. The highest BCUT2D eigenvalue weighted by molar-refractivity contribution is 5.79. The molecule has 2 unspecified atom stereocenters. The molecule has 0 saturated carbocycles. The van der Waals surface area contributed by atoms with E-state index in [9.17, 15) is 14.6 Å². The first-order valence-corrected chi connectivity index (χ1v) is 10.2. The molecule has 0 aromatic carbocycles. The molecule has 0 aliphatic carbocycles. The van der Waals surface area contributed by atoms with Crippen LogP contribution in [0.5, 0.6) is 0 Å². The molecule has 3 N–H and O–H groups in total. The van der Waals surface area contributed by atoms with E-state index >= 15 is 0 Å². The Hall–Kier alpha value is -3.11. The van der Waals surface area contributed by atoms with Gasteiger partial charge < -0.3 is 25.0 Å². The number of hydrogen-bond donors (Lipinski definition) is 3. The van der Waals surface area contributed by atoms with E-state index in [2.05, 4.69) is 31.8 Å². The van der Waals surface area contributed by atoms with Crippen LogP contribution in [-0.2, 0) is 6.61 Å². The number of imidazole rings is 1. The largest absolute Gasteiger partial charge is 0.388 e. The first kappa shape index (κ1) is 21.1. The fraction of sp³-hybridized carbons (Fsp3) is 0.429. The van der Waals surface area contributed by atoms with Crippen molar-refractivity contribution in [2.45, 2.75) is 44.7 Å². The molecule has 0 radical (unpaired) electrons. The third-order valence-corrected chi connectivity index (χ3v) is 5.55. The van der Waals surface area contributed by atoms with Gasteiger partial charge in [0.25, 0.3) is 0 Å². The van der Waals surface area contributed by atoms with Crippen molar-refractivity contribution in [2.75, 3.05) is 23.3 Å². The summed E-state index contributed by atoms with van der Waals surface area (Å²) in [6, 6.07) is 3.67. The lowest BCUT2D eigenvalue weighted by molar-refractivity contribution is -0.00769. The van der Waals surface area contributed by atoms with Gasteiger partial charge in [0, 0.05) is 31.3 Å². The Kier molecular flexibility index (Phi) is 5.59. The summed E-state index contributed by atoms with van der Waals surface area (Å²) < 4.78 is 16.4. The molecule has 4 rings (SSSR count). The summed E-state index contributed by atoms with van der Waals surface area (Å²) in [4.78, 5) is 19.3. The third kappa shape index (κ3) is 3.96. The molecule has 0 spiro atoms. The molecule has 1 saturated heterocycles. The van der Waals surface area contributed by atoms with Gasteiger partial charge in [-0.3, -0.25) is 0 Å². The van der Waals surface area contributed by atoms with Gasteiger partial charge in [-0.15, -0.1) is 6.58 Å². The molecular weight excluding hydrogens is 401 g/mol. The van der Waals surface area contributed by atoms with Crippen molar-refractivity contribution in [3.63, 3.8) is 0 Å². The predicted molar refractivity (Wildman–Crippen MR) is 116 cm³/mol. The van der Waals surface area contributed by atoms with Gasteiger partial charge in [-0.05, 0) is 19.9 Å². The molecule has 0 bridgehead atoms. The van der Waals surface area contributed by atoms with E-state index in [1.807, 2.05) is 24.5 Å². The Morgan fingerprint density at radius 1 is 1.35 bits per heavy atom. The van der Waals surface area contributed by atoms with E-state index in [1.165, 1.54) is 6.08 Å². The summed E-state index contributed by atoms with van der Waals surface area (Å²) >= 11 is 0. The van der Waals surface area contributed by atoms with Gasteiger partial charge in [0.15, 0.2) is 0 Å². The van der Waals surface area contributed by atoms with Gasteiger partial charge in [0.1, 0.15) is 41.4 Å². The van der Waals surface area contributed by atoms with Crippen molar-refractivity contribution in [1.82, 2.24) is 24.5 Å². The average Bonchev–Trinajstić information content (AvgIpc) is 3.14. The fourth-order valence-corrected chi connectivity index (χ4v) is 3.83. The number of alkyl halides is 1. The zero-order chi connectivity index (χ0) is 22.2. The normalized spacial score (nSPS) is 21.6. The van der Waals surface area contributed by atoms with Crippen LogP contribution in [0.2, 0.25) is 0 Å². The van der Waals surface area contributed by atoms with Crippen molar-refractivity contribution >= 4 is 28.6 Å². The van der Waals surface area contributed by atoms with Crippen LogP contribution < -0.4 is 10.2 Å². The number of fused-ring (bicyclic) bond motifs is 1. The van der Waals surface area contributed by atoms with Gasteiger partial charge in [-0.2, -0.15) is 4.98 Å². The second-order valence-electron chi connectivity index (χ2n) is 7.93. The van der Waals surface area contributed by atoms with Crippen LogP contribution in [0.25, 0.3) is 11.0 Å². The summed E-state index contributed by atoms with van der Waals surface area (Å²) in [7, 11) is 0. The molecule has 10 heteroatoms. The number of piperidine rings is 1. The number of anilines is 3. The molecule has 2 atom stereocenters. The van der Waals surface area contributed by atoms with Crippen LogP contribution >= 0.6 is 0 Å². The lowest BCUT2D eigenvalue weighted by Gasteiger charge is -2.39. The smallest absolute Gasteiger partial charge is 0.227 e.